The van der Waals surface area contributed by atoms with E-state index < -0.39 is 0 Å². The molecule has 0 bridgehead atoms. The Hall–Kier alpha value is -1.82. The van der Waals surface area contributed by atoms with Crippen LogP contribution in [0, 0.1) is 5.92 Å². The molecule has 0 aliphatic heterocycles. The molecule has 2 aromatic heterocycles. The van der Waals surface area contributed by atoms with Crippen LogP contribution in [0.1, 0.15) is 19.7 Å². The molecule has 0 saturated carbocycles. The van der Waals surface area contributed by atoms with Crippen LogP contribution in [0.4, 0.5) is 0 Å². The number of thioether (sulfide) groups is 1. The zero-order valence-electron chi connectivity index (χ0n) is 13.5. The smallest absolute Gasteiger partial charge is 0.244 e. The van der Waals surface area contributed by atoms with E-state index in [1.807, 2.05) is 43.1 Å². The highest BCUT2D eigenvalue weighted by atomic mass is 32.2. The molecule has 22 heavy (non-hydrogen) atoms. The highest BCUT2D eigenvalue weighted by Crippen LogP contribution is 2.18. The van der Waals surface area contributed by atoms with Gasteiger partial charge < -0.3 is 0 Å². The van der Waals surface area contributed by atoms with E-state index in [0.717, 1.165) is 29.3 Å². The van der Waals surface area contributed by atoms with Gasteiger partial charge in [-0.05, 0) is 18.4 Å². The molecule has 0 spiro atoms. The standard InChI is InChI=1S/C16H22N4OS/c1-5-15-18-14(13-7-6-8-17-9-13)10-20(15)19(3)16(21)12(2)11-22-4/h6-10,12H,5,11H2,1-4H3. The number of rotatable bonds is 6. The molecule has 118 valence electrons. The van der Waals surface area contributed by atoms with Crippen molar-refractivity contribution in [3.8, 4) is 11.3 Å². The minimum Gasteiger partial charge on any atom is -0.273 e. The number of pyridine rings is 1. The third-order valence-electron chi connectivity index (χ3n) is 3.51. The van der Waals surface area contributed by atoms with Gasteiger partial charge in [-0.15, -0.1) is 0 Å². The number of hydrogen-bond donors (Lipinski definition) is 0. The first-order valence-electron chi connectivity index (χ1n) is 7.33. The number of carbonyl (C=O) groups is 1. The van der Waals surface area contributed by atoms with Gasteiger partial charge in [0.05, 0.1) is 11.9 Å². The Labute approximate surface area is 135 Å². The molecule has 2 rings (SSSR count). The van der Waals surface area contributed by atoms with Gasteiger partial charge in [-0.3, -0.25) is 14.8 Å². The van der Waals surface area contributed by atoms with Crippen molar-refractivity contribution in [1.82, 2.24) is 14.6 Å². The van der Waals surface area contributed by atoms with Gasteiger partial charge >= 0.3 is 0 Å². The fourth-order valence-electron chi connectivity index (χ4n) is 2.31. The average Bonchev–Trinajstić information content (AvgIpc) is 2.98. The lowest BCUT2D eigenvalue weighted by molar-refractivity contribution is -0.122. The quantitative estimate of drug-likeness (QED) is 0.821. The Morgan fingerprint density at radius 3 is 2.86 bits per heavy atom. The number of carbonyl (C=O) groups excluding carboxylic acids is 1. The molecule has 0 radical (unpaired) electrons. The van der Waals surface area contributed by atoms with Crippen LogP contribution in [0.3, 0.4) is 0 Å². The van der Waals surface area contributed by atoms with Crippen molar-refractivity contribution in [3.05, 3.63) is 36.5 Å². The molecule has 5 nitrogen and oxygen atoms in total. The molecule has 1 amide bonds. The van der Waals surface area contributed by atoms with Crippen LogP contribution in [0.15, 0.2) is 30.7 Å². The summed E-state index contributed by atoms with van der Waals surface area (Å²) in [6, 6.07) is 3.85. The van der Waals surface area contributed by atoms with Gasteiger partial charge in [-0.1, -0.05) is 13.8 Å². The molecule has 0 fully saturated rings. The lowest BCUT2D eigenvalue weighted by atomic mass is 10.2. The van der Waals surface area contributed by atoms with Crippen molar-refractivity contribution in [1.29, 1.82) is 0 Å². The summed E-state index contributed by atoms with van der Waals surface area (Å²) in [6.45, 7) is 4.00. The molecule has 0 aliphatic rings. The van der Waals surface area contributed by atoms with E-state index >= 15 is 0 Å². The van der Waals surface area contributed by atoms with Crippen LogP contribution in [0.25, 0.3) is 11.3 Å². The van der Waals surface area contributed by atoms with Crippen molar-refractivity contribution >= 4 is 17.7 Å². The molecule has 6 heteroatoms. The maximum Gasteiger partial charge on any atom is 0.244 e. The second-order valence-electron chi connectivity index (χ2n) is 5.20. The second kappa shape index (κ2) is 7.45. The fraction of sp³-hybridized carbons (Fsp3) is 0.438. The molecule has 0 N–H and O–H groups in total. The Bertz CT molecular complexity index is 626. The van der Waals surface area contributed by atoms with Crippen LogP contribution < -0.4 is 5.01 Å². The molecule has 0 saturated heterocycles. The third kappa shape index (κ3) is 3.50. The Balaban J connectivity index is 2.31. The summed E-state index contributed by atoms with van der Waals surface area (Å²) in [5.74, 6) is 1.76. The van der Waals surface area contributed by atoms with Gasteiger partial charge in [0.15, 0.2) is 0 Å². The summed E-state index contributed by atoms with van der Waals surface area (Å²) >= 11 is 1.68. The van der Waals surface area contributed by atoms with E-state index in [1.165, 1.54) is 0 Å². The highest BCUT2D eigenvalue weighted by Gasteiger charge is 2.21. The van der Waals surface area contributed by atoms with Crippen LogP contribution in [0.5, 0.6) is 0 Å². The maximum atomic E-state index is 12.5. The molecule has 2 heterocycles. The summed E-state index contributed by atoms with van der Waals surface area (Å²) in [7, 11) is 1.80. The lowest BCUT2D eigenvalue weighted by Gasteiger charge is -2.23. The van der Waals surface area contributed by atoms with E-state index in [9.17, 15) is 4.79 Å². The Morgan fingerprint density at radius 2 is 2.27 bits per heavy atom. The molecule has 0 aliphatic carbocycles. The zero-order chi connectivity index (χ0) is 16.1. The van der Waals surface area contributed by atoms with Crippen molar-refractivity contribution in [2.45, 2.75) is 20.3 Å². The summed E-state index contributed by atoms with van der Waals surface area (Å²) in [4.78, 5) is 21.3. The first-order chi connectivity index (χ1) is 10.6. The monoisotopic (exact) mass is 318 g/mol. The van der Waals surface area contributed by atoms with E-state index in [4.69, 9.17) is 0 Å². The number of aromatic nitrogens is 3. The van der Waals surface area contributed by atoms with Gasteiger partial charge in [-0.2, -0.15) is 11.8 Å². The number of nitrogens with zero attached hydrogens (tertiary/aromatic N) is 4. The molecule has 2 aromatic rings. The predicted molar refractivity (Wildman–Crippen MR) is 91.5 cm³/mol. The topological polar surface area (TPSA) is 51.0 Å². The molecule has 1 atom stereocenters. The zero-order valence-corrected chi connectivity index (χ0v) is 14.3. The first kappa shape index (κ1) is 16.5. The minimum absolute atomic E-state index is 0.0195. The van der Waals surface area contributed by atoms with E-state index in [-0.39, 0.29) is 11.8 Å². The fourth-order valence-corrected chi connectivity index (χ4v) is 2.95. The number of amides is 1. The lowest BCUT2D eigenvalue weighted by Crippen LogP contribution is -2.41. The maximum absolute atomic E-state index is 12.5. The SMILES string of the molecule is CCc1nc(-c2cccnc2)cn1N(C)C(=O)C(C)CSC. The number of aryl methyl sites for hydroxylation is 1. The van der Waals surface area contributed by atoms with Crippen molar-refractivity contribution in [2.24, 2.45) is 5.92 Å². The third-order valence-corrected chi connectivity index (χ3v) is 4.35. The summed E-state index contributed by atoms with van der Waals surface area (Å²) in [5.41, 5.74) is 1.79. The van der Waals surface area contributed by atoms with Gasteiger partial charge in [0.25, 0.3) is 0 Å². The molecular weight excluding hydrogens is 296 g/mol. The second-order valence-corrected chi connectivity index (χ2v) is 6.11. The van der Waals surface area contributed by atoms with Crippen LogP contribution in [-0.4, -0.2) is 39.6 Å². The predicted octanol–water partition coefficient (Wildman–Crippen LogP) is 2.60. The van der Waals surface area contributed by atoms with Crippen molar-refractivity contribution < 1.29 is 4.79 Å². The van der Waals surface area contributed by atoms with Crippen LogP contribution in [0.2, 0.25) is 0 Å². The van der Waals surface area contributed by atoms with E-state index in [2.05, 4.69) is 9.97 Å². The Morgan fingerprint density at radius 1 is 1.50 bits per heavy atom. The van der Waals surface area contributed by atoms with Gasteiger partial charge in [-0.25, -0.2) is 9.66 Å². The summed E-state index contributed by atoms with van der Waals surface area (Å²) in [6.07, 6.45) is 8.19. The summed E-state index contributed by atoms with van der Waals surface area (Å²) in [5, 5.41) is 1.66. The molecule has 1 unspecified atom stereocenters. The average molecular weight is 318 g/mol. The minimum atomic E-state index is -0.0195. The van der Waals surface area contributed by atoms with Crippen LogP contribution in [-0.2, 0) is 11.2 Å². The van der Waals surface area contributed by atoms with Crippen molar-refractivity contribution in [2.75, 3.05) is 24.1 Å². The largest absolute Gasteiger partial charge is 0.273 e. The highest BCUT2D eigenvalue weighted by molar-refractivity contribution is 7.98. The number of imidazole rings is 1. The summed E-state index contributed by atoms with van der Waals surface area (Å²) < 4.78 is 1.85. The molecule has 0 aromatic carbocycles. The number of hydrogen-bond acceptors (Lipinski definition) is 4. The Kier molecular flexibility index (Phi) is 5.60. The van der Waals surface area contributed by atoms with Crippen LogP contribution >= 0.6 is 11.8 Å². The van der Waals surface area contributed by atoms with E-state index in [0.29, 0.717) is 0 Å². The van der Waals surface area contributed by atoms with Gasteiger partial charge in [0, 0.05) is 43.1 Å². The van der Waals surface area contributed by atoms with Gasteiger partial charge in [0.2, 0.25) is 5.91 Å². The first-order valence-corrected chi connectivity index (χ1v) is 8.73. The van der Waals surface area contributed by atoms with E-state index in [1.54, 1.807) is 36.2 Å². The van der Waals surface area contributed by atoms with Crippen molar-refractivity contribution in [3.63, 3.8) is 0 Å². The normalized spacial score (nSPS) is 12.2. The molecular formula is C16H22N4OS. The van der Waals surface area contributed by atoms with Gasteiger partial charge in [0.1, 0.15) is 5.82 Å².